The third-order valence-electron chi connectivity index (χ3n) is 3.94. The van der Waals surface area contributed by atoms with Gasteiger partial charge in [-0.05, 0) is 58.2 Å². The Bertz CT molecular complexity index is 712. The van der Waals surface area contributed by atoms with Crippen molar-refractivity contribution in [1.29, 1.82) is 0 Å². The number of urea groups is 1. The maximum atomic E-state index is 12.2. The summed E-state index contributed by atoms with van der Waals surface area (Å²) < 4.78 is 6.05. The first-order valence-corrected chi connectivity index (χ1v) is 8.56. The van der Waals surface area contributed by atoms with Crippen molar-refractivity contribution >= 4 is 27.6 Å². The van der Waals surface area contributed by atoms with Crippen LogP contribution in [-0.4, -0.2) is 19.7 Å². The molecule has 5 heteroatoms. The third kappa shape index (κ3) is 4.74. The van der Waals surface area contributed by atoms with Crippen molar-refractivity contribution in [2.24, 2.45) is 0 Å². The van der Waals surface area contributed by atoms with E-state index >= 15 is 0 Å². The lowest BCUT2D eigenvalue weighted by atomic mass is 9.84. The van der Waals surface area contributed by atoms with Gasteiger partial charge in [-0.3, -0.25) is 0 Å². The Kier molecular flexibility index (Phi) is 5.89. The van der Waals surface area contributed by atoms with Crippen LogP contribution >= 0.6 is 15.9 Å². The van der Waals surface area contributed by atoms with E-state index in [-0.39, 0.29) is 11.4 Å². The first kappa shape index (κ1) is 18.3. The van der Waals surface area contributed by atoms with E-state index in [4.69, 9.17) is 4.74 Å². The largest absolute Gasteiger partial charge is 0.497 e. The average Bonchev–Trinajstić information content (AvgIpc) is 2.56. The topological polar surface area (TPSA) is 50.4 Å². The fourth-order valence-electron chi connectivity index (χ4n) is 2.33. The third-order valence-corrected chi connectivity index (χ3v) is 4.59. The van der Waals surface area contributed by atoms with E-state index in [0.29, 0.717) is 6.54 Å². The molecule has 0 atom stereocenters. The molecule has 4 nitrogen and oxygen atoms in total. The zero-order valence-electron chi connectivity index (χ0n) is 14.4. The van der Waals surface area contributed by atoms with Crippen molar-refractivity contribution in [3.8, 4) is 5.75 Å². The highest BCUT2D eigenvalue weighted by Gasteiger charge is 2.21. The molecule has 0 aliphatic carbocycles. The summed E-state index contributed by atoms with van der Waals surface area (Å²) in [7, 11) is 1.65. The lowest BCUT2D eigenvalue weighted by Crippen LogP contribution is -2.39. The number of halogens is 1. The van der Waals surface area contributed by atoms with E-state index in [1.807, 2.05) is 49.4 Å². The maximum absolute atomic E-state index is 12.2. The maximum Gasteiger partial charge on any atom is 0.319 e. The molecule has 0 aliphatic rings. The Balaban J connectivity index is 1.96. The summed E-state index contributed by atoms with van der Waals surface area (Å²) >= 11 is 3.46. The summed E-state index contributed by atoms with van der Waals surface area (Å²) in [5.74, 6) is 0.824. The highest BCUT2D eigenvalue weighted by atomic mass is 79.9. The molecule has 2 amide bonds. The fourth-order valence-corrected chi connectivity index (χ4v) is 2.93. The van der Waals surface area contributed by atoms with Gasteiger partial charge >= 0.3 is 6.03 Å². The number of nitrogens with one attached hydrogen (secondary N) is 2. The summed E-state index contributed by atoms with van der Waals surface area (Å²) in [6.45, 7) is 6.72. The van der Waals surface area contributed by atoms with E-state index < -0.39 is 0 Å². The molecule has 2 aromatic rings. The van der Waals surface area contributed by atoms with Gasteiger partial charge < -0.3 is 15.4 Å². The van der Waals surface area contributed by atoms with Gasteiger partial charge in [-0.15, -0.1) is 0 Å². The molecule has 0 heterocycles. The molecule has 0 radical (unpaired) electrons. The van der Waals surface area contributed by atoms with E-state index in [2.05, 4.69) is 40.4 Å². The number of hydrogen-bond donors (Lipinski definition) is 2. The molecule has 24 heavy (non-hydrogen) atoms. The molecule has 0 aliphatic heterocycles. The number of amides is 2. The predicted octanol–water partition coefficient (Wildman–Crippen LogP) is 4.87. The zero-order valence-corrected chi connectivity index (χ0v) is 16.0. The minimum atomic E-state index is -0.221. The molecule has 0 saturated heterocycles. The quantitative estimate of drug-likeness (QED) is 0.765. The standard InChI is InChI=1S/C19H23BrN2O2/c1-13-5-10-17(16(20)11-13)22-18(23)21-12-19(2,3)14-6-8-15(24-4)9-7-14/h5-11H,12H2,1-4H3,(H2,21,22,23). The van der Waals surface area contributed by atoms with Crippen molar-refractivity contribution in [3.05, 3.63) is 58.1 Å². The van der Waals surface area contributed by atoms with Crippen molar-refractivity contribution in [2.45, 2.75) is 26.2 Å². The molecular weight excluding hydrogens is 368 g/mol. The van der Waals surface area contributed by atoms with Crippen molar-refractivity contribution in [3.63, 3.8) is 0 Å². The Hall–Kier alpha value is -2.01. The number of carbonyl (C=O) groups excluding carboxylic acids is 1. The molecule has 0 saturated carbocycles. The fraction of sp³-hybridized carbons (Fsp3) is 0.316. The second kappa shape index (κ2) is 7.71. The lowest BCUT2D eigenvalue weighted by Gasteiger charge is -2.26. The van der Waals surface area contributed by atoms with Crippen molar-refractivity contribution in [2.75, 3.05) is 19.0 Å². The van der Waals surface area contributed by atoms with E-state index in [1.165, 1.54) is 0 Å². The molecule has 0 fully saturated rings. The van der Waals surface area contributed by atoms with E-state index in [0.717, 1.165) is 27.0 Å². The number of aryl methyl sites for hydroxylation is 1. The number of ether oxygens (including phenoxy) is 1. The minimum absolute atomic E-state index is 0.186. The van der Waals surface area contributed by atoms with E-state index in [9.17, 15) is 4.79 Å². The van der Waals surface area contributed by atoms with Gasteiger partial charge in [-0.1, -0.05) is 32.0 Å². The number of anilines is 1. The van der Waals surface area contributed by atoms with Gasteiger partial charge in [0, 0.05) is 16.4 Å². The second-order valence-corrected chi connectivity index (χ2v) is 7.26. The monoisotopic (exact) mass is 390 g/mol. The molecule has 0 unspecified atom stereocenters. The Morgan fingerprint density at radius 3 is 2.42 bits per heavy atom. The molecular formula is C19H23BrN2O2. The SMILES string of the molecule is COc1ccc(C(C)(C)CNC(=O)Nc2ccc(C)cc2Br)cc1. The highest BCUT2D eigenvalue weighted by molar-refractivity contribution is 9.10. The van der Waals surface area contributed by atoms with Crippen LogP contribution in [0.25, 0.3) is 0 Å². The van der Waals surface area contributed by atoms with Gasteiger partial charge in [0.2, 0.25) is 0 Å². The van der Waals surface area contributed by atoms with Gasteiger partial charge in [0.15, 0.2) is 0 Å². The molecule has 128 valence electrons. The van der Waals surface area contributed by atoms with Crippen LogP contribution in [0.15, 0.2) is 46.9 Å². The molecule has 2 N–H and O–H groups in total. The first-order valence-electron chi connectivity index (χ1n) is 7.77. The number of hydrogen-bond acceptors (Lipinski definition) is 2. The van der Waals surface area contributed by atoms with E-state index in [1.54, 1.807) is 7.11 Å². The average molecular weight is 391 g/mol. The van der Waals surface area contributed by atoms with Gasteiger partial charge in [0.25, 0.3) is 0 Å². The van der Waals surface area contributed by atoms with Crippen LogP contribution in [-0.2, 0) is 5.41 Å². The second-order valence-electron chi connectivity index (χ2n) is 6.40. The Morgan fingerprint density at radius 1 is 1.17 bits per heavy atom. The summed E-state index contributed by atoms with van der Waals surface area (Å²) in [4.78, 5) is 12.2. The molecule has 0 aromatic heterocycles. The van der Waals surface area contributed by atoms with Gasteiger partial charge in [0.1, 0.15) is 5.75 Å². The molecule has 0 spiro atoms. The van der Waals surface area contributed by atoms with Crippen molar-refractivity contribution in [1.82, 2.24) is 5.32 Å². The van der Waals surface area contributed by atoms with Crippen LogP contribution in [0.2, 0.25) is 0 Å². The number of benzene rings is 2. The molecule has 0 bridgehead atoms. The van der Waals surface area contributed by atoms with Gasteiger partial charge in [-0.2, -0.15) is 0 Å². The highest BCUT2D eigenvalue weighted by Crippen LogP contribution is 2.25. The van der Waals surface area contributed by atoms with Crippen molar-refractivity contribution < 1.29 is 9.53 Å². The predicted molar refractivity (Wildman–Crippen MR) is 102 cm³/mol. The summed E-state index contributed by atoms with van der Waals surface area (Å²) in [6.07, 6.45) is 0. The summed E-state index contributed by atoms with van der Waals surface area (Å²) in [5.41, 5.74) is 2.84. The van der Waals surface area contributed by atoms with Crippen LogP contribution in [0.1, 0.15) is 25.0 Å². The molecule has 2 rings (SSSR count). The normalized spacial score (nSPS) is 11.0. The smallest absolute Gasteiger partial charge is 0.319 e. The lowest BCUT2D eigenvalue weighted by molar-refractivity contribution is 0.249. The summed E-state index contributed by atoms with van der Waals surface area (Å²) in [6, 6.07) is 13.5. The number of carbonyl (C=O) groups is 1. The Morgan fingerprint density at radius 2 is 1.83 bits per heavy atom. The van der Waals surface area contributed by atoms with Crippen LogP contribution in [0.3, 0.4) is 0 Å². The van der Waals surface area contributed by atoms with Gasteiger partial charge in [0.05, 0.1) is 12.8 Å². The zero-order chi connectivity index (χ0) is 17.7. The van der Waals surface area contributed by atoms with Crippen LogP contribution in [0.5, 0.6) is 5.75 Å². The number of rotatable bonds is 5. The summed E-state index contributed by atoms with van der Waals surface area (Å²) in [5, 5.41) is 5.80. The minimum Gasteiger partial charge on any atom is -0.497 e. The van der Waals surface area contributed by atoms with Crippen LogP contribution < -0.4 is 15.4 Å². The molecule has 2 aromatic carbocycles. The Labute approximate surface area is 151 Å². The first-order chi connectivity index (χ1) is 11.3. The number of methoxy groups -OCH3 is 1. The van der Waals surface area contributed by atoms with Crippen LogP contribution in [0, 0.1) is 6.92 Å². The van der Waals surface area contributed by atoms with Crippen LogP contribution in [0.4, 0.5) is 10.5 Å². The van der Waals surface area contributed by atoms with Gasteiger partial charge in [-0.25, -0.2) is 4.79 Å².